The highest BCUT2D eigenvalue weighted by atomic mass is 16.6. The Hall–Kier alpha value is -1.85. The van der Waals surface area contributed by atoms with E-state index in [2.05, 4.69) is 4.98 Å². The normalized spacial score (nSPS) is 15.4. The molecular weight excluding hydrogens is 220 g/mol. The lowest BCUT2D eigenvalue weighted by Gasteiger charge is -2.30. The van der Waals surface area contributed by atoms with Crippen LogP contribution in [0.1, 0.15) is 19.3 Å². The summed E-state index contributed by atoms with van der Waals surface area (Å²) in [6.07, 6.45) is 3.64. The van der Waals surface area contributed by atoms with Gasteiger partial charge in [-0.05, 0) is 24.8 Å². The number of anilines is 2. The van der Waals surface area contributed by atoms with Crippen molar-refractivity contribution in [3.05, 3.63) is 22.2 Å². The molecule has 2 N–H and O–H groups in total. The number of aromatic nitrogens is 1. The van der Waals surface area contributed by atoms with Gasteiger partial charge in [0.1, 0.15) is 5.82 Å². The zero-order valence-electron chi connectivity index (χ0n) is 9.80. The largest absolute Gasteiger partial charge is 0.384 e. The van der Waals surface area contributed by atoms with Gasteiger partial charge in [-0.3, -0.25) is 10.1 Å². The van der Waals surface area contributed by atoms with Crippen LogP contribution in [0.25, 0.3) is 0 Å². The number of rotatable bonds is 4. The predicted octanol–water partition coefficient (Wildman–Crippen LogP) is 1.81. The van der Waals surface area contributed by atoms with E-state index in [4.69, 9.17) is 5.73 Å². The third-order valence-corrected chi connectivity index (χ3v) is 3.19. The summed E-state index contributed by atoms with van der Waals surface area (Å²) >= 11 is 0. The summed E-state index contributed by atoms with van der Waals surface area (Å²) < 4.78 is 0. The molecule has 1 aromatic rings. The molecule has 1 aromatic heterocycles. The summed E-state index contributed by atoms with van der Waals surface area (Å²) in [7, 11) is 1.83. The van der Waals surface area contributed by atoms with Gasteiger partial charge in [0.05, 0.1) is 4.92 Å². The standard InChI is InChI=1S/C11H16N4O2/c1-14(7-8-3-2-4-8)11-9(15(16)17)5-6-10(12)13-11/h5-6,8H,2-4,7H2,1H3,(H2,12,13). The minimum atomic E-state index is -0.418. The Morgan fingerprint density at radius 3 is 2.82 bits per heavy atom. The van der Waals surface area contributed by atoms with E-state index in [1.54, 1.807) is 0 Å². The molecular formula is C11H16N4O2. The number of pyridine rings is 1. The van der Waals surface area contributed by atoms with E-state index < -0.39 is 4.92 Å². The van der Waals surface area contributed by atoms with Gasteiger partial charge < -0.3 is 10.6 Å². The van der Waals surface area contributed by atoms with Crippen LogP contribution in [-0.4, -0.2) is 23.5 Å². The van der Waals surface area contributed by atoms with Gasteiger partial charge in [-0.15, -0.1) is 0 Å². The third kappa shape index (κ3) is 2.46. The summed E-state index contributed by atoms with van der Waals surface area (Å²) in [6, 6.07) is 2.87. The van der Waals surface area contributed by atoms with Crippen molar-refractivity contribution in [2.75, 3.05) is 24.2 Å². The molecule has 1 fully saturated rings. The van der Waals surface area contributed by atoms with Crippen LogP contribution in [0.2, 0.25) is 0 Å². The summed E-state index contributed by atoms with van der Waals surface area (Å²) in [4.78, 5) is 16.4. The third-order valence-electron chi connectivity index (χ3n) is 3.19. The van der Waals surface area contributed by atoms with Gasteiger partial charge in [0.15, 0.2) is 0 Å². The number of nitrogens with zero attached hydrogens (tertiary/aromatic N) is 3. The van der Waals surface area contributed by atoms with E-state index in [-0.39, 0.29) is 5.69 Å². The molecule has 0 spiro atoms. The smallest absolute Gasteiger partial charge is 0.311 e. The lowest BCUT2D eigenvalue weighted by molar-refractivity contribution is -0.384. The number of nitrogen functional groups attached to an aromatic ring is 1. The highest BCUT2D eigenvalue weighted by Crippen LogP contribution is 2.31. The molecule has 0 bridgehead atoms. The maximum Gasteiger partial charge on any atom is 0.311 e. The van der Waals surface area contributed by atoms with Gasteiger partial charge in [0.25, 0.3) is 0 Å². The quantitative estimate of drug-likeness (QED) is 0.636. The molecule has 17 heavy (non-hydrogen) atoms. The molecule has 92 valence electrons. The van der Waals surface area contributed by atoms with Gasteiger partial charge in [-0.2, -0.15) is 0 Å². The highest BCUT2D eigenvalue weighted by molar-refractivity contribution is 5.60. The molecule has 0 atom stereocenters. The van der Waals surface area contributed by atoms with Gasteiger partial charge in [-0.25, -0.2) is 4.98 Å². The summed E-state index contributed by atoms with van der Waals surface area (Å²) in [5.74, 6) is 1.30. The van der Waals surface area contributed by atoms with Crippen molar-refractivity contribution in [3.8, 4) is 0 Å². The van der Waals surface area contributed by atoms with E-state index in [1.165, 1.54) is 31.4 Å². The van der Waals surface area contributed by atoms with Crippen LogP contribution in [0.3, 0.4) is 0 Å². The Morgan fingerprint density at radius 2 is 2.29 bits per heavy atom. The van der Waals surface area contributed by atoms with Crippen LogP contribution in [-0.2, 0) is 0 Å². The molecule has 1 heterocycles. The Balaban J connectivity index is 2.21. The molecule has 0 aliphatic heterocycles. The molecule has 0 radical (unpaired) electrons. The molecule has 1 saturated carbocycles. The SMILES string of the molecule is CN(CC1CCC1)c1nc(N)ccc1[N+](=O)[O-]. The molecule has 0 saturated heterocycles. The van der Waals surface area contributed by atoms with Crippen LogP contribution in [0, 0.1) is 16.0 Å². The Labute approximate surface area is 99.6 Å². The van der Waals surface area contributed by atoms with Crippen molar-refractivity contribution in [2.24, 2.45) is 5.92 Å². The van der Waals surface area contributed by atoms with Gasteiger partial charge in [0.2, 0.25) is 5.82 Å². The summed E-state index contributed by atoms with van der Waals surface area (Å²) in [6.45, 7) is 0.803. The van der Waals surface area contributed by atoms with Crippen molar-refractivity contribution in [3.63, 3.8) is 0 Å². The van der Waals surface area contributed by atoms with Gasteiger partial charge in [-0.1, -0.05) is 6.42 Å². The zero-order chi connectivity index (χ0) is 12.4. The van der Waals surface area contributed by atoms with Crippen LogP contribution in [0.5, 0.6) is 0 Å². The zero-order valence-corrected chi connectivity index (χ0v) is 9.80. The average Bonchev–Trinajstić information content (AvgIpc) is 2.22. The van der Waals surface area contributed by atoms with Crippen molar-refractivity contribution in [1.29, 1.82) is 0 Å². The molecule has 2 rings (SSSR count). The molecule has 0 unspecified atom stereocenters. The molecule has 1 aliphatic carbocycles. The number of hydrogen-bond acceptors (Lipinski definition) is 5. The van der Waals surface area contributed by atoms with Crippen molar-refractivity contribution >= 4 is 17.3 Å². The lowest BCUT2D eigenvalue weighted by Crippen LogP contribution is -2.30. The molecule has 1 aliphatic rings. The molecule has 0 amide bonds. The van der Waals surface area contributed by atoms with E-state index in [0.717, 1.165) is 6.54 Å². The number of nitro groups is 1. The second-order valence-electron chi connectivity index (χ2n) is 4.51. The second kappa shape index (κ2) is 4.57. The van der Waals surface area contributed by atoms with Crippen molar-refractivity contribution in [1.82, 2.24) is 4.98 Å². The van der Waals surface area contributed by atoms with E-state index in [1.807, 2.05) is 11.9 Å². The first-order valence-corrected chi connectivity index (χ1v) is 5.70. The fourth-order valence-corrected chi connectivity index (χ4v) is 2.03. The van der Waals surface area contributed by atoms with E-state index >= 15 is 0 Å². The van der Waals surface area contributed by atoms with E-state index in [9.17, 15) is 10.1 Å². The monoisotopic (exact) mass is 236 g/mol. The molecule has 6 nitrogen and oxygen atoms in total. The van der Waals surface area contributed by atoms with Crippen LogP contribution < -0.4 is 10.6 Å². The topological polar surface area (TPSA) is 85.3 Å². The Bertz CT molecular complexity index is 431. The Kier molecular flexibility index (Phi) is 3.12. The fraction of sp³-hybridized carbons (Fsp3) is 0.545. The fourth-order valence-electron chi connectivity index (χ4n) is 2.03. The first-order valence-electron chi connectivity index (χ1n) is 5.70. The summed E-state index contributed by atoms with van der Waals surface area (Å²) in [5.41, 5.74) is 5.60. The van der Waals surface area contributed by atoms with Crippen LogP contribution in [0.4, 0.5) is 17.3 Å². The first kappa shape index (κ1) is 11.6. The average molecular weight is 236 g/mol. The van der Waals surface area contributed by atoms with Gasteiger partial charge >= 0.3 is 5.69 Å². The predicted molar refractivity (Wildman–Crippen MR) is 65.9 cm³/mol. The highest BCUT2D eigenvalue weighted by Gasteiger charge is 2.24. The van der Waals surface area contributed by atoms with Gasteiger partial charge in [0, 0.05) is 19.7 Å². The minimum Gasteiger partial charge on any atom is -0.384 e. The van der Waals surface area contributed by atoms with Crippen molar-refractivity contribution < 1.29 is 4.92 Å². The van der Waals surface area contributed by atoms with Crippen molar-refractivity contribution in [2.45, 2.75) is 19.3 Å². The number of nitrogens with two attached hydrogens (primary N) is 1. The molecule has 0 aromatic carbocycles. The molecule has 6 heteroatoms. The van der Waals surface area contributed by atoms with E-state index in [0.29, 0.717) is 17.6 Å². The first-order chi connectivity index (χ1) is 8.08. The maximum absolute atomic E-state index is 10.9. The lowest BCUT2D eigenvalue weighted by atomic mass is 9.85. The van der Waals surface area contributed by atoms with Crippen LogP contribution in [0.15, 0.2) is 12.1 Å². The van der Waals surface area contributed by atoms with Crippen LogP contribution >= 0.6 is 0 Å². The number of hydrogen-bond donors (Lipinski definition) is 1. The Morgan fingerprint density at radius 1 is 1.59 bits per heavy atom. The summed E-state index contributed by atoms with van der Waals surface area (Å²) in [5, 5.41) is 10.9. The minimum absolute atomic E-state index is 0.0148. The maximum atomic E-state index is 10.9. The second-order valence-corrected chi connectivity index (χ2v) is 4.51.